The zero-order valence-electron chi connectivity index (χ0n) is 21.1. The number of aliphatic hydroxyl groups is 1. The van der Waals surface area contributed by atoms with Gasteiger partial charge in [-0.15, -0.1) is 0 Å². The summed E-state index contributed by atoms with van der Waals surface area (Å²) < 4.78 is 11.7. The number of phenols is 2. The van der Waals surface area contributed by atoms with Gasteiger partial charge >= 0.3 is 0 Å². The highest BCUT2D eigenvalue weighted by Gasteiger charge is 2.28. The predicted octanol–water partition coefficient (Wildman–Crippen LogP) is 5.77. The molecule has 1 heterocycles. The van der Waals surface area contributed by atoms with Gasteiger partial charge in [0.1, 0.15) is 11.5 Å². The molecular weight excluding hydrogens is 456 g/mol. The lowest BCUT2D eigenvalue weighted by Crippen LogP contribution is -2.33. The topological polar surface area (TPSA) is 96.2 Å². The van der Waals surface area contributed by atoms with Gasteiger partial charge in [-0.3, -0.25) is 4.79 Å². The first kappa shape index (κ1) is 26.0. The molecule has 192 valence electrons. The van der Waals surface area contributed by atoms with Crippen molar-refractivity contribution in [2.24, 2.45) is 5.92 Å². The number of hydrogen-bond acceptors (Lipinski definition) is 6. The maximum atomic E-state index is 13.0. The first-order valence-electron chi connectivity index (χ1n) is 12.8. The van der Waals surface area contributed by atoms with Gasteiger partial charge < -0.3 is 24.8 Å². The molecule has 0 amide bonds. The van der Waals surface area contributed by atoms with E-state index in [1.54, 1.807) is 18.2 Å². The van der Waals surface area contributed by atoms with E-state index in [2.05, 4.69) is 6.92 Å². The van der Waals surface area contributed by atoms with E-state index in [4.69, 9.17) is 14.6 Å². The molecule has 1 saturated heterocycles. The Labute approximate surface area is 212 Å². The van der Waals surface area contributed by atoms with Gasteiger partial charge in [-0.05, 0) is 84.2 Å². The summed E-state index contributed by atoms with van der Waals surface area (Å²) in [6.45, 7) is 2.36. The van der Waals surface area contributed by atoms with Crippen LogP contribution in [0.15, 0.2) is 48.5 Å². The van der Waals surface area contributed by atoms with Crippen LogP contribution in [-0.4, -0.2) is 47.0 Å². The Kier molecular flexibility index (Phi) is 8.49. The second kappa shape index (κ2) is 11.8. The van der Waals surface area contributed by atoms with Crippen LogP contribution in [0.3, 0.4) is 0 Å². The van der Waals surface area contributed by atoms with E-state index < -0.39 is 0 Å². The maximum Gasteiger partial charge on any atom is 0.168 e. The minimum atomic E-state index is -0.0769. The van der Waals surface area contributed by atoms with Crippen molar-refractivity contribution in [1.82, 2.24) is 0 Å². The third-order valence-electron chi connectivity index (χ3n) is 7.07. The summed E-state index contributed by atoms with van der Waals surface area (Å²) in [4.78, 5) is 13.0. The Morgan fingerprint density at radius 1 is 1.03 bits per heavy atom. The van der Waals surface area contributed by atoms with E-state index in [9.17, 15) is 15.0 Å². The number of aryl methyl sites for hydroxylation is 1. The lowest BCUT2D eigenvalue weighted by molar-refractivity contribution is -0.127. The molecule has 6 nitrogen and oxygen atoms in total. The van der Waals surface area contributed by atoms with Crippen LogP contribution in [0.4, 0.5) is 0 Å². The molecule has 3 N–H and O–H groups in total. The molecule has 0 radical (unpaired) electrons. The quantitative estimate of drug-likeness (QED) is 0.332. The third-order valence-corrected chi connectivity index (χ3v) is 7.07. The zero-order valence-corrected chi connectivity index (χ0v) is 21.1. The SMILES string of the molecule is COc1c(O)ccc(CCC(=O)C[C@H]2C[C@@H](C)C[C@H](CCCO)O2)c1-c1ccc2ccc(O)cc2c1. The molecule has 4 rings (SSSR count). The number of aliphatic hydroxyl groups excluding tert-OH is 1. The fourth-order valence-corrected chi connectivity index (χ4v) is 5.38. The fraction of sp³-hybridized carbons (Fsp3) is 0.433. The van der Waals surface area contributed by atoms with Crippen LogP contribution in [0.1, 0.15) is 51.0 Å². The summed E-state index contributed by atoms with van der Waals surface area (Å²) in [7, 11) is 1.52. The van der Waals surface area contributed by atoms with Crippen molar-refractivity contribution in [3.63, 3.8) is 0 Å². The average molecular weight is 493 g/mol. The highest BCUT2D eigenvalue weighted by Crippen LogP contribution is 2.41. The number of fused-ring (bicyclic) bond motifs is 1. The Bertz CT molecular complexity index is 1200. The molecule has 3 atom stereocenters. The van der Waals surface area contributed by atoms with E-state index in [1.165, 1.54) is 7.11 Å². The fourth-order valence-electron chi connectivity index (χ4n) is 5.38. The largest absolute Gasteiger partial charge is 0.508 e. The summed E-state index contributed by atoms with van der Waals surface area (Å²) in [5.74, 6) is 1.25. The predicted molar refractivity (Wildman–Crippen MR) is 141 cm³/mol. The number of Topliss-reactive ketones (excluding diaryl/α,β-unsaturated/α-hetero) is 1. The number of rotatable bonds is 10. The van der Waals surface area contributed by atoms with Gasteiger partial charge in [0.25, 0.3) is 0 Å². The van der Waals surface area contributed by atoms with Gasteiger partial charge in [-0.2, -0.15) is 0 Å². The Hall–Kier alpha value is -3.09. The van der Waals surface area contributed by atoms with Gasteiger partial charge in [-0.1, -0.05) is 31.2 Å². The van der Waals surface area contributed by atoms with E-state index in [1.807, 2.05) is 30.3 Å². The van der Waals surface area contributed by atoms with Gasteiger partial charge in [-0.25, -0.2) is 0 Å². The Morgan fingerprint density at radius 3 is 2.58 bits per heavy atom. The number of aromatic hydroxyl groups is 2. The molecular formula is C30H36O6. The van der Waals surface area contributed by atoms with Crippen molar-refractivity contribution in [1.29, 1.82) is 0 Å². The van der Waals surface area contributed by atoms with Crippen molar-refractivity contribution in [3.8, 4) is 28.4 Å². The molecule has 36 heavy (non-hydrogen) atoms. The molecule has 0 aliphatic carbocycles. The summed E-state index contributed by atoms with van der Waals surface area (Å²) in [6.07, 6.45) is 4.70. The minimum Gasteiger partial charge on any atom is -0.508 e. The Balaban J connectivity index is 1.51. The van der Waals surface area contributed by atoms with E-state index in [0.29, 0.717) is 30.9 Å². The average Bonchev–Trinajstić information content (AvgIpc) is 2.85. The van der Waals surface area contributed by atoms with Gasteiger partial charge in [0.2, 0.25) is 0 Å². The van der Waals surface area contributed by atoms with Gasteiger partial charge in [0.15, 0.2) is 11.5 Å². The van der Waals surface area contributed by atoms with E-state index >= 15 is 0 Å². The molecule has 0 aromatic heterocycles. The first-order valence-corrected chi connectivity index (χ1v) is 12.8. The molecule has 6 heteroatoms. The molecule has 1 aliphatic heterocycles. The van der Waals surface area contributed by atoms with Gasteiger partial charge in [0, 0.05) is 25.0 Å². The molecule has 0 unspecified atom stereocenters. The zero-order chi connectivity index (χ0) is 25.7. The number of carbonyl (C=O) groups is 1. The number of ether oxygens (including phenoxy) is 2. The number of ketones is 1. The van der Waals surface area contributed by atoms with Crippen molar-refractivity contribution in [3.05, 3.63) is 54.1 Å². The smallest absolute Gasteiger partial charge is 0.168 e. The van der Waals surface area contributed by atoms with Crippen LogP contribution in [0.2, 0.25) is 0 Å². The van der Waals surface area contributed by atoms with Gasteiger partial charge in [0.05, 0.1) is 19.3 Å². The normalized spacial score (nSPS) is 19.9. The second-order valence-electron chi connectivity index (χ2n) is 9.96. The van der Waals surface area contributed by atoms with Crippen LogP contribution in [0, 0.1) is 5.92 Å². The van der Waals surface area contributed by atoms with E-state index in [0.717, 1.165) is 53.1 Å². The number of phenolic OH excluding ortho intramolecular Hbond substituents is 2. The number of benzene rings is 3. The summed E-state index contributed by atoms with van der Waals surface area (Å²) in [6, 6.07) is 14.6. The van der Waals surface area contributed by atoms with Crippen LogP contribution >= 0.6 is 0 Å². The third kappa shape index (κ3) is 6.18. The molecule has 3 aromatic rings. The lowest BCUT2D eigenvalue weighted by atomic mass is 9.88. The monoisotopic (exact) mass is 492 g/mol. The molecule has 0 bridgehead atoms. The highest BCUT2D eigenvalue weighted by atomic mass is 16.5. The molecule has 1 aliphatic rings. The number of hydrogen-bond donors (Lipinski definition) is 3. The molecule has 3 aromatic carbocycles. The van der Waals surface area contributed by atoms with Crippen LogP contribution < -0.4 is 4.74 Å². The number of methoxy groups -OCH3 is 1. The van der Waals surface area contributed by atoms with Crippen molar-refractivity contribution in [2.45, 2.75) is 64.1 Å². The second-order valence-corrected chi connectivity index (χ2v) is 9.96. The minimum absolute atomic E-state index is 0.0390. The molecule has 1 fully saturated rings. The lowest BCUT2D eigenvalue weighted by Gasteiger charge is -2.34. The molecule has 0 saturated carbocycles. The summed E-state index contributed by atoms with van der Waals surface area (Å²) >= 11 is 0. The first-order chi connectivity index (χ1) is 17.4. The van der Waals surface area contributed by atoms with Crippen LogP contribution in [0.25, 0.3) is 21.9 Å². The summed E-state index contributed by atoms with van der Waals surface area (Å²) in [5, 5.41) is 31.4. The highest BCUT2D eigenvalue weighted by molar-refractivity contribution is 5.90. The van der Waals surface area contributed by atoms with Crippen molar-refractivity contribution < 1.29 is 29.6 Å². The standard InChI is InChI=1S/C30H36O6/c1-19-14-26(4-3-13-31)36-27(15-19)18-25(33)11-8-21-9-12-28(34)30(35-2)29(21)22-6-5-20-7-10-24(32)17-23(20)16-22/h5-7,9-10,12,16-17,19,26-27,31-32,34H,3-4,8,11,13-15,18H2,1-2H3/t19-,26-,27+/m0/s1. The number of carbonyl (C=O) groups excluding carboxylic acids is 1. The van der Waals surface area contributed by atoms with Crippen LogP contribution in [0.5, 0.6) is 17.2 Å². The van der Waals surface area contributed by atoms with Crippen molar-refractivity contribution in [2.75, 3.05) is 13.7 Å². The van der Waals surface area contributed by atoms with Crippen LogP contribution in [-0.2, 0) is 16.0 Å². The summed E-state index contributed by atoms with van der Waals surface area (Å²) in [5.41, 5.74) is 2.51. The molecule has 0 spiro atoms. The Morgan fingerprint density at radius 2 is 1.81 bits per heavy atom. The van der Waals surface area contributed by atoms with Crippen molar-refractivity contribution >= 4 is 16.6 Å². The van der Waals surface area contributed by atoms with E-state index in [-0.39, 0.29) is 36.1 Å². The maximum absolute atomic E-state index is 13.0.